The average Bonchev–Trinajstić information content (AvgIpc) is 2.90. The van der Waals surface area contributed by atoms with E-state index >= 15 is 0 Å². The zero-order chi connectivity index (χ0) is 15.0. The maximum Gasteiger partial charge on any atom is 0.240 e. The molecule has 1 atom stereocenters. The Morgan fingerprint density at radius 3 is 2.76 bits per heavy atom. The number of hydrogen-bond donors (Lipinski definition) is 1. The highest BCUT2D eigenvalue weighted by atomic mass is 35.5. The summed E-state index contributed by atoms with van der Waals surface area (Å²) in [6, 6.07) is 7.54. The topological polar surface area (TPSA) is 49.0 Å². The van der Waals surface area contributed by atoms with Crippen LogP contribution < -0.4 is 0 Å². The van der Waals surface area contributed by atoms with E-state index in [1.807, 2.05) is 24.3 Å². The van der Waals surface area contributed by atoms with Crippen molar-refractivity contribution >= 4 is 29.1 Å². The minimum absolute atomic E-state index is 0.0365. The Hall–Kier alpha value is -1.52. The molecular weight excluding hydrogens is 309 g/mol. The molecule has 1 aliphatic rings. The number of amides is 1. The first kappa shape index (κ1) is 14.4. The number of hydrogen-bond acceptors (Lipinski definition) is 2. The normalized spacial score (nSPS) is 15.7. The van der Waals surface area contributed by atoms with Gasteiger partial charge in [0.05, 0.1) is 5.69 Å². The molecular formula is C15H15Cl2N3O. The molecule has 1 unspecified atom stereocenters. The van der Waals surface area contributed by atoms with Crippen molar-refractivity contribution in [2.75, 3.05) is 6.54 Å². The van der Waals surface area contributed by atoms with Gasteiger partial charge < -0.3 is 4.90 Å². The Labute approximate surface area is 133 Å². The van der Waals surface area contributed by atoms with Crippen molar-refractivity contribution in [2.24, 2.45) is 0 Å². The van der Waals surface area contributed by atoms with Crippen molar-refractivity contribution in [2.45, 2.75) is 25.3 Å². The van der Waals surface area contributed by atoms with Gasteiger partial charge in [0, 0.05) is 41.4 Å². The molecule has 110 valence electrons. The molecule has 0 spiro atoms. The van der Waals surface area contributed by atoms with E-state index in [0.29, 0.717) is 18.1 Å². The van der Waals surface area contributed by atoms with Gasteiger partial charge in [-0.3, -0.25) is 9.89 Å². The molecule has 0 bridgehead atoms. The van der Waals surface area contributed by atoms with E-state index in [0.717, 1.165) is 28.9 Å². The Balaban J connectivity index is 1.92. The number of carbonyl (C=O) groups excluding carboxylic acids is 1. The van der Waals surface area contributed by atoms with Crippen LogP contribution in [0.5, 0.6) is 0 Å². The largest absolute Gasteiger partial charge is 0.337 e. The van der Waals surface area contributed by atoms with Gasteiger partial charge in [0.15, 0.2) is 0 Å². The number of nitrogens with zero attached hydrogens (tertiary/aromatic N) is 2. The molecule has 1 amide bonds. The van der Waals surface area contributed by atoms with E-state index in [2.05, 4.69) is 10.2 Å². The second-order valence-corrected chi connectivity index (χ2v) is 6.25. The summed E-state index contributed by atoms with van der Waals surface area (Å²) < 4.78 is 0. The van der Waals surface area contributed by atoms with Crippen molar-refractivity contribution < 1.29 is 4.79 Å². The molecule has 2 heterocycles. The zero-order valence-electron chi connectivity index (χ0n) is 11.6. The molecule has 0 aliphatic carbocycles. The third-order valence-corrected chi connectivity index (χ3v) is 4.14. The van der Waals surface area contributed by atoms with Crippen LogP contribution in [-0.2, 0) is 17.8 Å². The fraction of sp³-hybridized carbons (Fsp3) is 0.333. The molecule has 6 heteroatoms. The van der Waals surface area contributed by atoms with Gasteiger partial charge in [-0.1, -0.05) is 23.7 Å². The fourth-order valence-electron chi connectivity index (χ4n) is 2.58. The Morgan fingerprint density at radius 2 is 2.10 bits per heavy atom. The van der Waals surface area contributed by atoms with E-state index < -0.39 is 5.38 Å². The first-order valence-electron chi connectivity index (χ1n) is 6.81. The number of H-pyrrole nitrogens is 1. The number of benzene rings is 1. The summed E-state index contributed by atoms with van der Waals surface area (Å²) in [5.41, 5.74) is 4.02. The summed E-state index contributed by atoms with van der Waals surface area (Å²) in [6.07, 6.45) is 0.769. The number of halogens is 2. The first-order chi connectivity index (χ1) is 10.1. The van der Waals surface area contributed by atoms with E-state index in [1.54, 1.807) is 11.8 Å². The van der Waals surface area contributed by atoms with Crippen molar-refractivity contribution in [1.82, 2.24) is 15.1 Å². The third kappa shape index (κ3) is 2.78. The van der Waals surface area contributed by atoms with E-state index in [9.17, 15) is 4.79 Å². The van der Waals surface area contributed by atoms with Crippen LogP contribution in [0.3, 0.4) is 0 Å². The molecule has 0 radical (unpaired) electrons. The maximum atomic E-state index is 12.1. The summed E-state index contributed by atoms with van der Waals surface area (Å²) in [5, 5.41) is 7.66. The molecule has 0 saturated heterocycles. The minimum atomic E-state index is -0.502. The van der Waals surface area contributed by atoms with Crippen LogP contribution in [0.1, 0.15) is 18.2 Å². The van der Waals surface area contributed by atoms with Gasteiger partial charge in [-0.2, -0.15) is 5.10 Å². The lowest BCUT2D eigenvalue weighted by Crippen LogP contribution is -2.39. The van der Waals surface area contributed by atoms with Gasteiger partial charge in [-0.25, -0.2) is 0 Å². The number of carbonyl (C=O) groups is 1. The van der Waals surface area contributed by atoms with E-state index in [4.69, 9.17) is 23.2 Å². The zero-order valence-corrected chi connectivity index (χ0v) is 13.1. The van der Waals surface area contributed by atoms with Crippen molar-refractivity contribution in [1.29, 1.82) is 0 Å². The molecule has 1 aliphatic heterocycles. The van der Waals surface area contributed by atoms with E-state index in [-0.39, 0.29) is 5.91 Å². The van der Waals surface area contributed by atoms with Gasteiger partial charge >= 0.3 is 0 Å². The molecule has 0 fully saturated rings. The van der Waals surface area contributed by atoms with E-state index in [1.165, 1.54) is 0 Å². The Morgan fingerprint density at radius 1 is 1.38 bits per heavy atom. The van der Waals surface area contributed by atoms with Gasteiger partial charge in [0.25, 0.3) is 0 Å². The number of nitrogens with one attached hydrogen (secondary N) is 1. The molecule has 1 aromatic heterocycles. The fourth-order valence-corrected chi connectivity index (χ4v) is 2.85. The predicted molar refractivity (Wildman–Crippen MR) is 83.5 cm³/mol. The minimum Gasteiger partial charge on any atom is -0.337 e. The summed E-state index contributed by atoms with van der Waals surface area (Å²) in [4.78, 5) is 13.9. The average molecular weight is 324 g/mol. The third-order valence-electron chi connectivity index (χ3n) is 3.70. The van der Waals surface area contributed by atoms with Crippen LogP contribution >= 0.6 is 23.2 Å². The van der Waals surface area contributed by atoms with Crippen molar-refractivity contribution in [3.05, 3.63) is 40.5 Å². The monoisotopic (exact) mass is 323 g/mol. The molecule has 2 aromatic rings. The number of fused-ring (bicyclic) bond motifs is 1. The van der Waals surface area contributed by atoms with Crippen LogP contribution in [-0.4, -0.2) is 32.9 Å². The molecule has 0 saturated carbocycles. The number of aromatic amines is 1. The van der Waals surface area contributed by atoms with Crippen molar-refractivity contribution in [3.63, 3.8) is 0 Å². The lowest BCUT2D eigenvalue weighted by Gasteiger charge is -2.28. The van der Waals surface area contributed by atoms with Crippen LogP contribution in [0.4, 0.5) is 0 Å². The predicted octanol–water partition coefficient (Wildman–Crippen LogP) is 3.24. The SMILES string of the molecule is CC(Cl)C(=O)N1CCc2[nH]nc(-c3ccc(Cl)cc3)c2C1. The maximum absolute atomic E-state index is 12.1. The number of rotatable bonds is 2. The lowest BCUT2D eigenvalue weighted by atomic mass is 10.0. The number of alkyl halides is 1. The highest BCUT2D eigenvalue weighted by molar-refractivity contribution is 6.30. The Kier molecular flexibility index (Phi) is 3.91. The Bertz CT molecular complexity index is 664. The highest BCUT2D eigenvalue weighted by Gasteiger charge is 2.27. The van der Waals surface area contributed by atoms with Gasteiger partial charge in [-0.05, 0) is 19.1 Å². The van der Waals surface area contributed by atoms with Gasteiger partial charge in [0.1, 0.15) is 5.38 Å². The standard InChI is InChI=1S/C15H15Cl2N3O/c1-9(16)15(21)20-7-6-13-12(8-20)14(19-18-13)10-2-4-11(17)5-3-10/h2-5,9H,6-8H2,1H3,(H,18,19). The molecule has 1 N–H and O–H groups in total. The molecule has 4 nitrogen and oxygen atoms in total. The first-order valence-corrected chi connectivity index (χ1v) is 7.62. The van der Waals surface area contributed by atoms with Gasteiger partial charge in [0.2, 0.25) is 5.91 Å². The summed E-state index contributed by atoms with van der Waals surface area (Å²) in [6.45, 7) is 2.92. The lowest BCUT2D eigenvalue weighted by molar-refractivity contribution is -0.131. The summed E-state index contributed by atoms with van der Waals surface area (Å²) >= 11 is 11.8. The quantitative estimate of drug-likeness (QED) is 0.862. The highest BCUT2D eigenvalue weighted by Crippen LogP contribution is 2.29. The molecule has 1 aromatic carbocycles. The molecule has 21 heavy (non-hydrogen) atoms. The van der Waals surface area contributed by atoms with Crippen LogP contribution in [0.15, 0.2) is 24.3 Å². The second kappa shape index (κ2) is 5.70. The van der Waals surface area contributed by atoms with Crippen LogP contribution in [0.25, 0.3) is 11.3 Å². The number of aromatic nitrogens is 2. The van der Waals surface area contributed by atoms with Crippen LogP contribution in [0.2, 0.25) is 5.02 Å². The smallest absolute Gasteiger partial charge is 0.240 e. The van der Waals surface area contributed by atoms with Crippen LogP contribution in [0, 0.1) is 0 Å². The van der Waals surface area contributed by atoms with Crippen molar-refractivity contribution in [3.8, 4) is 11.3 Å². The van der Waals surface area contributed by atoms with Gasteiger partial charge in [-0.15, -0.1) is 11.6 Å². The second-order valence-electron chi connectivity index (χ2n) is 5.16. The molecule has 3 rings (SSSR count). The summed E-state index contributed by atoms with van der Waals surface area (Å²) in [7, 11) is 0. The summed E-state index contributed by atoms with van der Waals surface area (Å²) in [5.74, 6) is -0.0365.